The summed E-state index contributed by atoms with van der Waals surface area (Å²) in [6.07, 6.45) is 4.21. The van der Waals surface area contributed by atoms with E-state index in [1.165, 1.54) is 23.8 Å². The van der Waals surface area contributed by atoms with E-state index < -0.39 is 0 Å². The van der Waals surface area contributed by atoms with E-state index in [1.54, 1.807) is 11.8 Å². The van der Waals surface area contributed by atoms with E-state index in [0.29, 0.717) is 0 Å². The van der Waals surface area contributed by atoms with Gasteiger partial charge in [-0.1, -0.05) is 71.6 Å². The lowest BCUT2D eigenvalue weighted by Gasteiger charge is -2.05. The first-order chi connectivity index (χ1) is 12.7. The van der Waals surface area contributed by atoms with Crippen molar-refractivity contribution in [3.8, 4) is 0 Å². The Bertz CT molecular complexity index is 893. The smallest absolute Gasteiger partial charge is 0.221 e. The van der Waals surface area contributed by atoms with Gasteiger partial charge in [0.25, 0.3) is 0 Å². The monoisotopic (exact) mass is 382 g/mol. The van der Waals surface area contributed by atoms with Crippen LogP contribution in [0.25, 0.3) is 6.08 Å². The lowest BCUT2D eigenvalue weighted by molar-refractivity contribution is -0.114. The molecule has 0 aliphatic rings. The lowest BCUT2D eigenvalue weighted by atomic mass is 10.2. The summed E-state index contributed by atoms with van der Waals surface area (Å²) in [5, 5.41) is 15.1. The predicted molar refractivity (Wildman–Crippen MR) is 110 cm³/mol. The van der Waals surface area contributed by atoms with Crippen molar-refractivity contribution >= 4 is 51.6 Å². The molecule has 1 aromatic heterocycles. The molecular formula is C19H18N4OS2. The number of nitrogens with zero attached hydrogens (tertiary/aromatic N) is 2. The van der Waals surface area contributed by atoms with Gasteiger partial charge in [-0.15, -0.1) is 10.2 Å². The highest BCUT2D eigenvalue weighted by molar-refractivity contribution is 8.01. The number of benzene rings is 2. The number of nitrogens with one attached hydrogen (secondary N) is 2. The largest absolute Gasteiger partial charge is 0.330 e. The Morgan fingerprint density at radius 3 is 2.73 bits per heavy atom. The SMILES string of the molecule is CC(=O)Nc1cccc(Nc2nnc(SC/C=C/c3ccccc3)s2)c1. The first-order valence-corrected chi connectivity index (χ1v) is 9.82. The second-order valence-corrected chi connectivity index (χ2v) is 7.63. The molecule has 0 radical (unpaired) electrons. The molecule has 0 fully saturated rings. The maximum atomic E-state index is 11.1. The van der Waals surface area contributed by atoms with Gasteiger partial charge in [-0.05, 0) is 23.8 Å². The van der Waals surface area contributed by atoms with E-state index in [0.717, 1.165) is 26.6 Å². The Balaban J connectivity index is 1.53. The van der Waals surface area contributed by atoms with E-state index >= 15 is 0 Å². The number of hydrogen-bond acceptors (Lipinski definition) is 6. The topological polar surface area (TPSA) is 66.9 Å². The molecule has 132 valence electrons. The molecule has 0 saturated heterocycles. The highest BCUT2D eigenvalue weighted by Gasteiger charge is 2.05. The van der Waals surface area contributed by atoms with Crippen molar-refractivity contribution < 1.29 is 4.79 Å². The van der Waals surface area contributed by atoms with E-state index in [9.17, 15) is 4.79 Å². The summed E-state index contributed by atoms with van der Waals surface area (Å²) >= 11 is 3.15. The number of carbonyl (C=O) groups is 1. The molecule has 2 aromatic carbocycles. The molecule has 0 atom stereocenters. The van der Waals surface area contributed by atoms with Crippen LogP contribution in [0.2, 0.25) is 0 Å². The van der Waals surface area contributed by atoms with Crippen LogP contribution in [0.4, 0.5) is 16.5 Å². The van der Waals surface area contributed by atoms with Crippen molar-refractivity contribution in [1.82, 2.24) is 10.2 Å². The van der Waals surface area contributed by atoms with Crippen LogP contribution in [-0.2, 0) is 4.79 Å². The van der Waals surface area contributed by atoms with Crippen LogP contribution in [-0.4, -0.2) is 21.9 Å². The summed E-state index contributed by atoms with van der Waals surface area (Å²) in [7, 11) is 0. The Kier molecular flexibility index (Phi) is 6.40. The van der Waals surface area contributed by atoms with Gasteiger partial charge in [0.05, 0.1) is 0 Å². The van der Waals surface area contributed by atoms with Gasteiger partial charge in [0.2, 0.25) is 11.0 Å². The highest BCUT2D eigenvalue weighted by Crippen LogP contribution is 2.28. The van der Waals surface area contributed by atoms with Crippen molar-refractivity contribution in [2.45, 2.75) is 11.3 Å². The van der Waals surface area contributed by atoms with E-state index in [4.69, 9.17) is 0 Å². The minimum atomic E-state index is -0.0969. The third-order valence-electron chi connectivity index (χ3n) is 3.25. The zero-order valence-electron chi connectivity index (χ0n) is 14.2. The average molecular weight is 383 g/mol. The molecule has 1 heterocycles. The molecular weight excluding hydrogens is 364 g/mol. The number of thioether (sulfide) groups is 1. The first-order valence-electron chi connectivity index (χ1n) is 8.01. The Morgan fingerprint density at radius 1 is 1.12 bits per heavy atom. The second-order valence-electron chi connectivity index (χ2n) is 5.38. The molecule has 0 saturated carbocycles. The number of anilines is 3. The molecule has 0 bridgehead atoms. The highest BCUT2D eigenvalue weighted by atomic mass is 32.2. The maximum absolute atomic E-state index is 11.1. The summed E-state index contributed by atoms with van der Waals surface area (Å²) in [5.74, 6) is 0.738. The van der Waals surface area contributed by atoms with Crippen LogP contribution >= 0.6 is 23.1 Å². The van der Waals surface area contributed by atoms with Crippen molar-refractivity contribution in [2.75, 3.05) is 16.4 Å². The maximum Gasteiger partial charge on any atom is 0.221 e. The molecule has 0 unspecified atom stereocenters. The van der Waals surface area contributed by atoms with Crippen molar-refractivity contribution in [2.24, 2.45) is 0 Å². The fraction of sp³-hybridized carbons (Fsp3) is 0.105. The van der Waals surface area contributed by atoms with Gasteiger partial charge < -0.3 is 10.6 Å². The number of aromatic nitrogens is 2. The fourth-order valence-electron chi connectivity index (χ4n) is 2.19. The van der Waals surface area contributed by atoms with Crippen molar-refractivity contribution in [3.05, 3.63) is 66.2 Å². The van der Waals surface area contributed by atoms with Crippen LogP contribution in [0.5, 0.6) is 0 Å². The Labute approximate surface area is 160 Å². The van der Waals surface area contributed by atoms with Gasteiger partial charge in [-0.3, -0.25) is 4.79 Å². The van der Waals surface area contributed by atoms with Crippen LogP contribution in [0.1, 0.15) is 12.5 Å². The Hall–Kier alpha value is -2.64. The molecule has 7 heteroatoms. The molecule has 2 N–H and O–H groups in total. The van der Waals surface area contributed by atoms with Gasteiger partial charge in [0.15, 0.2) is 4.34 Å². The summed E-state index contributed by atoms with van der Waals surface area (Å²) in [4.78, 5) is 11.1. The fourth-order valence-corrected chi connectivity index (χ4v) is 3.80. The third-order valence-corrected chi connectivity index (χ3v) is 5.18. The Morgan fingerprint density at radius 2 is 1.92 bits per heavy atom. The average Bonchev–Trinajstić information content (AvgIpc) is 3.07. The van der Waals surface area contributed by atoms with Crippen LogP contribution < -0.4 is 10.6 Å². The van der Waals surface area contributed by atoms with E-state index in [-0.39, 0.29) is 5.91 Å². The van der Waals surface area contributed by atoms with Crippen LogP contribution in [0.15, 0.2) is 65.0 Å². The molecule has 0 aliphatic heterocycles. The normalized spacial score (nSPS) is 10.8. The zero-order valence-corrected chi connectivity index (χ0v) is 15.8. The third kappa shape index (κ3) is 5.72. The number of hydrogen-bond donors (Lipinski definition) is 2. The van der Waals surface area contributed by atoms with Crippen LogP contribution in [0, 0.1) is 0 Å². The number of carbonyl (C=O) groups excluding carboxylic acids is 1. The molecule has 5 nitrogen and oxygen atoms in total. The van der Waals surface area contributed by atoms with Gasteiger partial charge in [0.1, 0.15) is 0 Å². The number of amides is 1. The molecule has 26 heavy (non-hydrogen) atoms. The quantitative estimate of drug-likeness (QED) is 0.560. The summed E-state index contributed by atoms with van der Waals surface area (Å²) < 4.78 is 0.906. The summed E-state index contributed by atoms with van der Waals surface area (Å²) in [6.45, 7) is 1.49. The minimum absolute atomic E-state index is 0.0969. The first kappa shape index (κ1) is 18.2. The predicted octanol–water partition coefficient (Wildman–Crippen LogP) is 5.05. The molecule has 0 aliphatic carbocycles. The summed E-state index contributed by atoms with van der Waals surface area (Å²) in [6, 6.07) is 17.7. The molecule has 3 aromatic rings. The summed E-state index contributed by atoms with van der Waals surface area (Å²) in [5.41, 5.74) is 2.78. The van der Waals surface area contributed by atoms with Gasteiger partial charge in [0, 0.05) is 24.1 Å². The van der Waals surface area contributed by atoms with E-state index in [1.807, 2.05) is 42.5 Å². The molecule has 3 rings (SSSR count). The lowest BCUT2D eigenvalue weighted by Crippen LogP contribution is -2.05. The van der Waals surface area contributed by atoms with E-state index in [2.05, 4.69) is 45.1 Å². The standard InChI is InChI=1S/C19H18N4OS2/c1-14(24)20-16-10-5-11-17(13-16)21-18-22-23-19(26-18)25-12-6-9-15-7-3-2-4-8-15/h2-11,13H,12H2,1H3,(H,20,24)(H,21,22)/b9-6+. The van der Waals surface area contributed by atoms with Crippen molar-refractivity contribution in [1.29, 1.82) is 0 Å². The van der Waals surface area contributed by atoms with Gasteiger partial charge in [-0.2, -0.15) is 0 Å². The molecule has 1 amide bonds. The number of rotatable bonds is 7. The van der Waals surface area contributed by atoms with Crippen LogP contribution in [0.3, 0.4) is 0 Å². The molecule has 0 spiro atoms. The minimum Gasteiger partial charge on any atom is -0.330 e. The van der Waals surface area contributed by atoms with Gasteiger partial charge in [-0.25, -0.2) is 0 Å². The van der Waals surface area contributed by atoms with Gasteiger partial charge >= 0.3 is 0 Å². The zero-order chi connectivity index (χ0) is 18.2. The second kappa shape index (κ2) is 9.17. The van der Waals surface area contributed by atoms with Crippen molar-refractivity contribution in [3.63, 3.8) is 0 Å².